The standard InChI is InChI=1S/C12H20N2O/c1-2-4-11(15)14-10-5-8-13-12(9-10)6-3-7-12/h2,4,10,13H,3,5-9H2,1H3,(H,14,15)/b4-2+. The number of carbonyl (C=O) groups excluding carboxylic acids is 1. The molecule has 3 heteroatoms. The second-order valence-electron chi connectivity index (χ2n) is 4.76. The monoisotopic (exact) mass is 208 g/mol. The van der Waals surface area contributed by atoms with Crippen molar-refractivity contribution in [1.82, 2.24) is 10.6 Å². The Morgan fingerprint density at radius 1 is 1.53 bits per heavy atom. The van der Waals surface area contributed by atoms with Crippen LogP contribution in [0.3, 0.4) is 0 Å². The number of rotatable bonds is 2. The van der Waals surface area contributed by atoms with E-state index in [1.165, 1.54) is 19.3 Å². The Balaban J connectivity index is 1.85. The fraction of sp³-hybridized carbons (Fsp3) is 0.750. The summed E-state index contributed by atoms with van der Waals surface area (Å²) in [4.78, 5) is 11.4. The normalized spacial score (nSPS) is 29.0. The molecule has 2 fully saturated rings. The fourth-order valence-electron chi connectivity index (χ4n) is 2.67. The molecule has 2 N–H and O–H groups in total. The smallest absolute Gasteiger partial charge is 0.243 e. The maximum atomic E-state index is 11.4. The van der Waals surface area contributed by atoms with E-state index < -0.39 is 0 Å². The van der Waals surface area contributed by atoms with Gasteiger partial charge in [0.1, 0.15) is 0 Å². The molecule has 2 rings (SSSR count). The third-order valence-corrected chi connectivity index (χ3v) is 3.61. The van der Waals surface area contributed by atoms with Gasteiger partial charge < -0.3 is 10.6 Å². The number of hydrogen-bond donors (Lipinski definition) is 2. The van der Waals surface area contributed by atoms with Crippen LogP contribution in [0.2, 0.25) is 0 Å². The van der Waals surface area contributed by atoms with Crippen LogP contribution in [0.4, 0.5) is 0 Å². The van der Waals surface area contributed by atoms with Crippen LogP contribution in [0, 0.1) is 0 Å². The van der Waals surface area contributed by atoms with E-state index in [0.29, 0.717) is 11.6 Å². The van der Waals surface area contributed by atoms with E-state index in [2.05, 4.69) is 10.6 Å². The summed E-state index contributed by atoms with van der Waals surface area (Å²) in [5.41, 5.74) is 0.367. The van der Waals surface area contributed by atoms with Gasteiger partial charge in [-0.2, -0.15) is 0 Å². The van der Waals surface area contributed by atoms with E-state index in [1.807, 2.05) is 6.92 Å². The molecule has 0 aromatic rings. The Bertz CT molecular complexity index is 269. The van der Waals surface area contributed by atoms with Gasteiger partial charge in [0.05, 0.1) is 0 Å². The molecule has 1 aliphatic heterocycles. The summed E-state index contributed by atoms with van der Waals surface area (Å²) in [7, 11) is 0. The molecule has 15 heavy (non-hydrogen) atoms. The van der Waals surface area contributed by atoms with Crippen LogP contribution in [0.5, 0.6) is 0 Å². The van der Waals surface area contributed by atoms with Crippen molar-refractivity contribution in [3.63, 3.8) is 0 Å². The molecule has 1 spiro atoms. The molecule has 1 saturated carbocycles. The van der Waals surface area contributed by atoms with Crippen molar-refractivity contribution in [2.24, 2.45) is 0 Å². The van der Waals surface area contributed by atoms with Crippen LogP contribution < -0.4 is 10.6 Å². The molecule has 1 aliphatic carbocycles. The second kappa shape index (κ2) is 4.35. The maximum Gasteiger partial charge on any atom is 0.243 e. The minimum Gasteiger partial charge on any atom is -0.350 e. The van der Waals surface area contributed by atoms with Crippen LogP contribution in [-0.2, 0) is 4.79 Å². The first-order valence-corrected chi connectivity index (χ1v) is 5.92. The van der Waals surface area contributed by atoms with Gasteiger partial charge in [-0.15, -0.1) is 0 Å². The summed E-state index contributed by atoms with van der Waals surface area (Å²) in [5, 5.41) is 6.68. The molecule has 1 saturated heterocycles. The highest BCUT2D eigenvalue weighted by Gasteiger charge is 2.40. The van der Waals surface area contributed by atoms with E-state index in [4.69, 9.17) is 0 Å². The predicted octanol–water partition coefficient (Wildman–Crippen LogP) is 1.35. The summed E-state index contributed by atoms with van der Waals surface area (Å²) in [6.07, 6.45) is 9.46. The number of amides is 1. The lowest BCUT2D eigenvalue weighted by atomic mass is 9.70. The molecule has 0 aromatic heterocycles. The summed E-state index contributed by atoms with van der Waals surface area (Å²) >= 11 is 0. The van der Waals surface area contributed by atoms with Crippen molar-refractivity contribution in [2.45, 2.75) is 50.6 Å². The lowest BCUT2D eigenvalue weighted by molar-refractivity contribution is -0.117. The first kappa shape index (κ1) is 10.7. The first-order valence-electron chi connectivity index (χ1n) is 5.92. The van der Waals surface area contributed by atoms with Crippen LogP contribution >= 0.6 is 0 Å². The zero-order chi connectivity index (χ0) is 10.7. The van der Waals surface area contributed by atoms with E-state index in [9.17, 15) is 4.79 Å². The number of allylic oxidation sites excluding steroid dienone is 1. The van der Waals surface area contributed by atoms with Gasteiger partial charge in [0, 0.05) is 11.6 Å². The molecule has 0 radical (unpaired) electrons. The summed E-state index contributed by atoms with van der Waals surface area (Å²) < 4.78 is 0. The minimum atomic E-state index is 0.0545. The van der Waals surface area contributed by atoms with Gasteiger partial charge in [0.25, 0.3) is 0 Å². The lowest BCUT2D eigenvalue weighted by Crippen LogP contribution is -2.59. The topological polar surface area (TPSA) is 41.1 Å². The van der Waals surface area contributed by atoms with Gasteiger partial charge in [0.2, 0.25) is 5.91 Å². The molecule has 2 aliphatic rings. The van der Waals surface area contributed by atoms with E-state index in [1.54, 1.807) is 12.2 Å². The third kappa shape index (κ3) is 2.40. The maximum absolute atomic E-state index is 11.4. The predicted molar refractivity (Wildman–Crippen MR) is 60.6 cm³/mol. The van der Waals surface area contributed by atoms with E-state index in [0.717, 1.165) is 19.4 Å². The molecule has 1 amide bonds. The van der Waals surface area contributed by atoms with Gasteiger partial charge in [-0.1, -0.05) is 6.08 Å². The van der Waals surface area contributed by atoms with Gasteiger partial charge >= 0.3 is 0 Å². The summed E-state index contributed by atoms with van der Waals surface area (Å²) in [6, 6.07) is 0.371. The van der Waals surface area contributed by atoms with Crippen molar-refractivity contribution < 1.29 is 4.79 Å². The highest BCUT2D eigenvalue weighted by molar-refractivity contribution is 5.87. The van der Waals surface area contributed by atoms with Gasteiger partial charge in [-0.3, -0.25) is 4.79 Å². The van der Waals surface area contributed by atoms with E-state index in [-0.39, 0.29) is 5.91 Å². The summed E-state index contributed by atoms with van der Waals surface area (Å²) in [6.45, 7) is 2.91. The van der Waals surface area contributed by atoms with Crippen molar-refractivity contribution in [3.05, 3.63) is 12.2 Å². The van der Waals surface area contributed by atoms with Crippen molar-refractivity contribution in [3.8, 4) is 0 Å². The molecule has 3 nitrogen and oxygen atoms in total. The Hall–Kier alpha value is -0.830. The second-order valence-corrected chi connectivity index (χ2v) is 4.76. The van der Waals surface area contributed by atoms with E-state index >= 15 is 0 Å². The Labute approximate surface area is 91.3 Å². The Morgan fingerprint density at radius 2 is 2.33 bits per heavy atom. The average molecular weight is 208 g/mol. The molecular weight excluding hydrogens is 188 g/mol. The van der Waals surface area contributed by atoms with Gasteiger partial charge in [-0.05, 0) is 51.6 Å². The summed E-state index contributed by atoms with van der Waals surface area (Å²) in [5.74, 6) is 0.0545. The van der Waals surface area contributed by atoms with Crippen molar-refractivity contribution >= 4 is 5.91 Å². The Kier molecular flexibility index (Phi) is 3.10. The Morgan fingerprint density at radius 3 is 2.93 bits per heavy atom. The quantitative estimate of drug-likeness (QED) is 0.673. The molecular formula is C12H20N2O. The molecule has 0 bridgehead atoms. The highest BCUT2D eigenvalue weighted by atomic mass is 16.1. The lowest BCUT2D eigenvalue weighted by Gasteiger charge is -2.48. The number of piperidine rings is 1. The molecule has 1 unspecified atom stereocenters. The first-order chi connectivity index (χ1) is 7.24. The number of hydrogen-bond acceptors (Lipinski definition) is 2. The zero-order valence-corrected chi connectivity index (χ0v) is 9.38. The van der Waals surface area contributed by atoms with Crippen LogP contribution in [0.15, 0.2) is 12.2 Å². The minimum absolute atomic E-state index is 0.0545. The highest BCUT2D eigenvalue weighted by Crippen LogP contribution is 2.38. The molecule has 1 atom stereocenters. The SMILES string of the molecule is C/C=C/C(=O)NC1CCNC2(CCC2)C1. The molecule has 84 valence electrons. The molecule has 0 aromatic carbocycles. The largest absolute Gasteiger partial charge is 0.350 e. The van der Waals surface area contributed by atoms with Gasteiger partial charge in [0.15, 0.2) is 0 Å². The molecule has 1 heterocycles. The number of carbonyl (C=O) groups is 1. The van der Waals surface area contributed by atoms with Gasteiger partial charge in [-0.25, -0.2) is 0 Å². The van der Waals surface area contributed by atoms with Crippen LogP contribution in [0.25, 0.3) is 0 Å². The third-order valence-electron chi connectivity index (χ3n) is 3.61. The fourth-order valence-corrected chi connectivity index (χ4v) is 2.67. The van der Waals surface area contributed by atoms with Crippen molar-refractivity contribution in [1.29, 1.82) is 0 Å². The van der Waals surface area contributed by atoms with Crippen LogP contribution in [0.1, 0.15) is 39.0 Å². The average Bonchev–Trinajstić information content (AvgIpc) is 2.16. The number of nitrogens with one attached hydrogen (secondary N) is 2. The zero-order valence-electron chi connectivity index (χ0n) is 9.38. The van der Waals surface area contributed by atoms with Crippen molar-refractivity contribution in [2.75, 3.05) is 6.54 Å². The van der Waals surface area contributed by atoms with Crippen LogP contribution in [-0.4, -0.2) is 24.0 Å².